The van der Waals surface area contributed by atoms with Crippen LogP contribution in [0.4, 0.5) is 0 Å². The van der Waals surface area contributed by atoms with E-state index in [1.807, 2.05) is 0 Å². The predicted octanol–water partition coefficient (Wildman–Crippen LogP) is 0.905. The number of hydrogen-bond acceptors (Lipinski definition) is 5. The van der Waals surface area contributed by atoms with Crippen molar-refractivity contribution in [3.05, 3.63) is 23.9 Å². The van der Waals surface area contributed by atoms with Crippen molar-refractivity contribution in [3.63, 3.8) is 0 Å². The molecule has 2 amide bonds. The number of aromatic nitrogens is 1. The highest BCUT2D eigenvalue weighted by Gasteiger charge is 2.22. The first-order valence-corrected chi connectivity index (χ1v) is 8.30. The molecule has 9 nitrogen and oxygen atoms in total. The molecule has 27 heavy (non-hydrogen) atoms. The van der Waals surface area contributed by atoms with Crippen molar-refractivity contribution < 1.29 is 29.0 Å². The van der Waals surface area contributed by atoms with Crippen LogP contribution < -0.4 is 20.1 Å². The lowest BCUT2D eigenvalue weighted by Gasteiger charge is -2.14. The van der Waals surface area contributed by atoms with Crippen molar-refractivity contribution >= 4 is 28.7 Å². The van der Waals surface area contributed by atoms with Crippen LogP contribution in [0.3, 0.4) is 0 Å². The monoisotopic (exact) mass is 377 g/mol. The molecule has 0 aliphatic heterocycles. The Kier molecular flexibility index (Phi) is 6.27. The van der Waals surface area contributed by atoms with Gasteiger partial charge < -0.3 is 29.8 Å². The van der Waals surface area contributed by atoms with Gasteiger partial charge in [0.2, 0.25) is 5.91 Å². The lowest BCUT2D eigenvalue weighted by atomic mass is 10.2. The van der Waals surface area contributed by atoms with E-state index in [4.69, 9.17) is 14.6 Å². The minimum absolute atomic E-state index is 0.00316. The summed E-state index contributed by atoms with van der Waals surface area (Å²) in [5.74, 6) is -0.727. The summed E-state index contributed by atoms with van der Waals surface area (Å²) in [6.45, 7) is 1.52. The third-order valence-corrected chi connectivity index (χ3v) is 4.17. The standard InChI is InChI=1S/C18H23N3O6/c1-10(17(24)19-8-7-15(22)23)20-18(25)12-9-11-13(26-3)5-6-14(27-4)16(11)21(12)2/h5-6,9-10H,7-8H2,1-4H3,(H,19,24)(H,20,25)(H,22,23). The Morgan fingerprint density at radius 1 is 1.19 bits per heavy atom. The third kappa shape index (κ3) is 4.30. The van der Waals surface area contributed by atoms with Crippen LogP contribution in [0.5, 0.6) is 11.5 Å². The molecular formula is C18H23N3O6. The number of carbonyl (C=O) groups is 3. The SMILES string of the molecule is COc1ccc(OC)c2c1cc(C(=O)NC(C)C(=O)NCCC(=O)O)n2C. The van der Waals surface area contributed by atoms with Crippen molar-refractivity contribution in [2.24, 2.45) is 7.05 Å². The summed E-state index contributed by atoms with van der Waals surface area (Å²) in [4.78, 5) is 35.1. The van der Waals surface area contributed by atoms with Gasteiger partial charge in [-0.05, 0) is 25.1 Å². The largest absolute Gasteiger partial charge is 0.496 e. The molecule has 0 saturated carbocycles. The fraction of sp³-hybridized carbons (Fsp3) is 0.389. The van der Waals surface area contributed by atoms with E-state index >= 15 is 0 Å². The second-order valence-corrected chi connectivity index (χ2v) is 5.95. The molecule has 0 fully saturated rings. The van der Waals surface area contributed by atoms with Crippen LogP contribution in [0.15, 0.2) is 18.2 Å². The predicted molar refractivity (Wildman–Crippen MR) is 98.2 cm³/mol. The molecule has 3 N–H and O–H groups in total. The first-order chi connectivity index (χ1) is 12.8. The molecule has 1 aromatic heterocycles. The highest BCUT2D eigenvalue weighted by atomic mass is 16.5. The topological polar surface area (TPSA) is 119 Å². The summed E-state index contributed by atoms with van der Waals surface area (Å²) in [6.07, 6.45) is -0.185. The Bertz CT molecular complexity index is 874. The van der Waals surface area contributed by atoms with Gasteiger partial charge in [-0.1, -0.05) is 0 Å². The number of carbonyl (C=O) groups excluding carboxylic acids is 2. The van der Waals surface area contributed by atoms with Crippen LogP contribution in [0.1, 0.15) is 23.8 Å². The molecule has 1 aromatic carbocycles. The summed E-state index contributed by atoms with van der Waals surface area (Å²) in [5.41, 5.74) is 1.03. The Morgan fingerprint density at radius 3 is 2.41 bits per heavy atom. The van der Waals surface area contributed by atoms with Crippen LogP contribution in [0.25, 0.3) is 10.9 Å². The number of amides is 2. The zero-order chi connectivity index (χ0) is 20.1. The van der Waals surface area contributed by atoms with E-state index in [2.05, 4.69) is 10.6 Å². The maximum atomic E-state index is 12.6. The van der Waals surface area contributed by atoms with Crippen LogP contribution in [0, 0.1) is 0 Å². The highest BCUT2D eigenvalue weighted by molar-refractivity contribution is 6.03. The van der Waals surface area contributed by atoms with Gasteiger partial charge in [-0.3, -0.25) is 14.4 Å². The van der Waals surface area contributed by atoms with Gasteiger partial charge in [0, 0.05) is 19.0 Å². The molecule has 0 aliphatic carbocycles. The van der Waals surface area contributed by atoms with Gasteiger partial charge in [0.1, 0.15) is 23.2 Å². The number of aliphatic carboxylic acids is 1. The minimum atomic E-state index is -1.01. The molecule has 2 rings (SSSR count). The number of nitrogens with zero attached hydrogens (tertiary/aromatic N) is 1. The molecule has 9 heteroatoms. The summed E-state index contributed by atoms with van der Waals surface area (Å²) in [7, 11) is 4.80. The average Bonchev–Trinajstić information content (AvgIpc) is 2.98. The summed E-state index contributed by atoms with van der Waals surface area (Å²) in [5, 5.41) is 14.4. The molecule has 0 aliphatic rings. The number of nitrogens with one attached hydrogen (secondary N) is 2. The number of aryl methyl sites for hydroxylation is 1. The third-order valence-electron chi connectivity index (χ3n) is 4.17. The lowest BCUT2D eigenvalue weighted by molar-refractivity contribution is -0.137. The maximum absolute atomic E-state index is 12.6. The molecular weight excluding hydrogens is 354 g/mol. The van der Waals surface area contributed by atoms with Crippen LogP contribution in [-0.2, 0) is 16.6 Å². The molecule has 1 unspecified atom stereocenters. The Hall–Kier alpha value is -3.23. The van der Waals surface area contributed by atoms with Gasteiger partial charge in [-0.15, -0.1) is 0 Å². The van der Waals surface area contributed by atoms with E-state index in [0.29, 0.717) is 28.1 Å². The molecule has 1 heterocycles. The summed E-state index contributed by atoms with van der Waals surface area (Å²) < 4.78 is 12.4. The molecule has 0 bridgehead atoms. The molecule has 0 radical (unpaired) electrons. The van der Waals surface area contributed by atoms with E-state index in [0.717, 1.165) is 0 Å². The summed E-state index contributed by atoms with van der Waals surface area (Å²) in [6, 6.07) is 4.34. The van der Waals surface area contributed by atoms with Crippen molar-refractivity contribution in [3.8, 4) is 11.5 Å². The number of fused-ring (bicyclic) bond motifs is 1. The highest BCUT2D eigenvalue weighted by Crippen LogP contribution is 2.35. The van der Waals surface area contributed by atoms with Gasteiger partial charge in [-0.25, -0.2) is 0 Å². The van der Waals surface area contributed by atoms with Crippen molar-refractivity contribution in [1.82, 2.24) is 15.2 Å². The van der Waals surface area contributed by atoms with Crippen molar-refractivity contribution in [1.29, 1.82) is 0 Å². The Labute approximate surface area is 156 Å². The van der Waals surface area contributed by atoms with E-state index in [1.165, 1.54) is 21.1 Å². The molecule has 1 atom stereocenters. The number of carboxylic acid groups (broad SMARTS) is 1. The number of rotatable bonds is 8. The molecule has 0 saturated heterocycles. The van der Waals surface area contributed by atoms with E-state index in [-0.39, 0.29) is 13.0 Å². The minimum Gasteiger partial charge on any atom is -0.496 e. The Morgan fingerprint density at radius 2 is 1.81 bits per heavy atom. The van der Waals surface area contributed by atoms with Gasteiger partial charge in [0.05, 0.1) is 26.2 Å². The lowest BCUT2D eigenvalue weighted by Crippen LogP contribution is -2.45. The quantitative estimate of drug-likeness (QED) is 0.629. The van der Waals surface area contributed by atoms with Crippen LogP contribution >= 0.6 is 0 Å². The number of ether oxygens (including phenoxy) is 2. The van der Waals surface area contributed by atoms with E-state index in [9.17, 15) is 14.4 Å². The maximum Gasteiger partial charge on any atom is 0.305 e. The number of benzene rings is 1. The summed E-state index contributed by atoms with van der Waals surface area (Å²) >= 11 is 0. The average molecular weight is 377 g/mol. The Balaban J connectivity index is 2.21. The smallest absolute Gasteiger partial charge is 0.305 e. The first-order valence-electron chi connectivity index (χ1n) is 8.30. The van der Waals surface area contributed by atoms with Crippen molar-refractivity contribution in [2.75, 3.05) is 20.8 Å². The normalized spacial score (nSPS) is 11.7. The zero-order valence-electron chi connectivity index (χ0n) is 15.7. The molecule has 2 aromatic rings. The first kappa shape index (κ1) is 20.1. The van der Waals surface area contributed by atoms with E-state index in [1.54, 1.807) is 29.8 Å². The number of methoxy groups -OCH3 is 2. The molecule has 146 valence electrons. The number of hydrogen-bond donors (Lipinski definition) is 3. The van der Waals surface area contributed by atoms with Gasteiger partial charge >= 0.3 is 5.97 Å². The van der Waals surface area contributed by atoms with Gasteiger partial charge in [0.25, 0.3) is 5.91 Å². The fourth-order valence-corrected chi connectivity index (χ4v) is 2.75. The van der Waals surface area contributed by atoms with Crippen LogP contribution in [-0.4, -0.2) is 54.3 Å². The molecule has 0 spiro atoms. The second kappa shape index (κ2) is 8.43. The van der Waals surface area contributed by atoms with Gasteiger partial charge in [-0.2, -0.15) is 0 Å². The second-order valence-electron chi connectivity index (χ2n) is 5.95. The van der Waals surface area contributed by atoms with E-state index < -0.39 is 23.8 Å². The zero-order valence-corrected chi connectivity index (χ0v) is 15.7. The fourth-order valence-electron chi connectivity index (χ4n) is 2.75. The van der Waals surface area contributed by atoms with Crippen molar-refractivity contribution in [2.45, 2.75) is 19.4 Å². The van der Waals surface area contributed by atoms with Gasteiger partial charge in [0.15, 0.2) is 0 Å². The number of carboxylic acids is 1. The van der Waals surface area contributed by atoms with Crippen LogP contribution in [0.2, 0.25) is 0 Å².